The second-order valence-electron chi connectivity index (χ2n) is 6.10. The zero-order chi connectivity index (χ0) is 18.5. The second-order valence-corrected chi connectivity index (χ2v) is 6.90. The van der Waals surface area contributed by atoms with E-state index in [1.165, 1.54) is 0 Å². The topological polar surface area (TPSA) is 73.3 Å². The lowest BCUT2D eigenvalue weighted by atomic mass is 9.93. The van der Waals surface area contributed by atoms with Crippen LogP contribution < -0.4 is 14.8 Å². The van der Waals surface area contributed by atoms with Gasteiger partial charge in [0.05, 0.1) is 18.2 Å². The number of carbonyl (C=O) groups is 1. The molecule has 1 saturated carbocycles. The highest BCUT2D eigenvalue weighted by molar-refractivity contribution is 6.32. The predicted octanol–water partition coefficient (Wildman–Crippen LogP) is 3.91. The molecular weight excluding hydrogens is 377 g/mol. The molecule has 6 nitrogen and oxygen atoms in total. The molecule has 138 valence electrons. The molecule has 0 spiro atoms. The van der Waals surface area contributed by atoms with Crippen molar-refractivity contribution >= 4 is 29.1 Å². The molecule has 0 aliphatic heterocycles. The fourth-order valence-corrected chi connectivity index (χ4v) is 3.28. The Morgan fingerprint density at radius 2 is 1.88 bits per heavy atom. The van der Waals surface area contributed by atoms with Crippen molar-refractivity contribution in [2.75, 3.05) is 7.11 Å². The van der Waals surface area contributed by atoms with Crippen molar-refractivity contribution in [1.82, 2.24) is 15.5 Å². The van der Waals surface area contributed by atoms with E-state index in [-0.39, 0.29) is 28.9 Å². The average molecular weight is 396 g/mol. The lowest BCUT2D eigenvalue weighted by molar-refractivity contribution is 0.0888. The van der Waals surface area contributed by atoms with Gasteiger partial charge in [-0.3, -0.25) is 4.79 Å². The van der Waals surface area contributed by atoms with Crippen LogP contribution in [0.2, 0.25) is 10.2 Å². The smallest absolute Gasteiger partial charge is 0.272 e. The average Bonchev–Trinajstić information content (AvgIpc) is 2.64. The van der Waals surface area contributed by atoms with Gasteiger partial charge in [-0.2, -0.15) is 0 Å². The van der Waals surface area contributed by atoms with Gasteiger partial charge >= 0.3 is 0 Å². The standard InChI is InChI=1S/C18H19Cl2N3O3/c1-25-16-8-6-13(10-14(16)19)26-12-4-2-11(3-5-12)21-18(24)15-7-9-17(20)23-22-15/h6-12H,2-5H2,1H3,(H,21,24). The summed E-state index contributed by atoms with van der Waals surface area (Å²) in [6.07, 6.45) is 3.47. The highest BCUT2D eigenvalue weighted by atomic mass is 35.5. The van der Waals surface area contributed by atoms with Crippen LogP contribution in [0.4, 0.5) is 0 Å². The molecular formula is C18H19Cl2N3O3. The Morgan fingerprint density at radius 3 is 2.50 bits per heavy atom. The van der Waals surface area contributed by atoms with Crippen molar-refractivity contribution in [3.05, 3.63) is 46.2 Å². The van der Waals surface area contributed by atoms with Crippen molar-refractivity contribution in [3.8, 4) is 11.5 Å². The van der Waals surface area contributed by atoms with E-state index in [0.717, 1.165) is 31.4 Å². The molecule has 0 saturated heterocycles. The molecule has 26 heavy (non-hydrogen) atoms. The number of carbonyl (C=O) groups excluding carboxylic acids is 1. The lowest BCUT2D eigenvalue weighted by Crippen LogP contribution is -2.40. The third-order valence-electron chi connectivity index (χ3n) is 4.30. The molecule has 0 bridgehead atoms. The van der Waals surface area contributed by atoms with Crippen LogP contribution in [-0.4, -0.2) is 35.4 Å². The van der Waals surface area contributed by atoms with E-state index < -0.39 is 0 Å². The van der Waals surface area contributed by atoms with Gasteiger partial charge in [0.2, 0.25) is 0 Å². The van der Waals surface area contributed by atoms with Gasteiger partial charge in [0, 0.05) is 12.1 Å². The summed E-state index contributed by atoms with van der Waals surface area (Å²) in [5, 5.41) is 11.3. The van der Waals surface area contributed by atoms with Crippen LogP contribution >= 0.6 is 23.2 Å². The fraction of sp³-hybridized carbons (Fsp3) is 0.389. The molecule has 1 N–H and O–H groups in total. The van der Waals surface area contributed by atoms with Crippen LogP contribution in [0, 0.1) is 0 Å². The largest absolute Gasteiger partial charge is 0.495 e. The molecule has 1 amide bonds. The number of hydrogen-bond acceptors (Lipinski definition) is 5. The Morgan fingerprint density at radius 1 is 1.12 bits per heavy atom. The minimum atomic E-state index is -0.236. The Bertz CT molecular complexity index is 763. The summed E-state index contributed by atoms with van der Waals surface area (Å²) in [5.41, 5.74) is 0.264. The first-order valence-corrected chi connectivity index (χ1v) is 9.11. The number of methoxy groups -OCH3 is 1. The van der Waals surface area contributed by atoms with Crippen LogP contribution in [0.25, 0.3) is 0 Å². The molecule has 1 aromatic heterocycles. The van der Waals surface area contributed by atoms with Gasteiger partial charge in [0.15, 0.2) is 10.8 Å². The Hall–Kier alpha value is -2.05. The first-order chi connectivity index (χ1) is 12.5. The van der Waals surface area contributed by atoms with Crippen LogP contribution in [0.15, 0.2) is 30.3 Å². The molecule has 1 heterocycles. The zero-order valence-corrected chi connectivity index (χ0v) is 15.8. The van der Waals surface area contributed by atoms with Crippen LogP contribution in [0.5, 0.6) is 11.5 Å². The van der Waals surface area contributed by atoms with Crippen molar-refractivity contribution < 1.29 is 14.3 Å². The van der Waals surface area contributed by atoms with Crippen molar-refractivity contribution in [2.24, 2.45) is 0 Å². The molecule has 1 aromatic carbocycles. The summed E-state index contributed by atoms with van der Waals surface area (Å²) in [5.74, 6) is 1.11. The molecule has 1 aliphatic carbocycles. The fourth-order valence-electron chi connectivity index (χ4n) is 2.93. The molecule has 0 unspecified atom stereocenters. The SMILES string of the molecule is COc1ccc(OC2CCC(NC(=O)c3ccc(Cl)nn3)CC2)cc1Cl. The van der Waals surface area contributed by atoms with E-state index in [9.17, 15) is 4.79 Å². The summed E-state index contributed by atoms with van der Waals surface area (Å²) >= 11 is 11.8. The second kappa shape index (κ2) is 8.56. The minimum Gasteiger partial charge on any atom is -0.495 e. The van der Waals surface area contributed by atoms with E-state index in [4.69, 9.17) is 32.7 Å². The molecule has 3 rings (SSSR count). The Balaban J connectivity index is 1.49. The van der Waals surface area contributed by atoms with Crippen molar-refractivity contribution in [2.45, 2.75) is 37.8 Å². The van der Waals surface area contributed by atoms with Crippen molar-refractivity contribution in [1.29, 1.82) is 0 Å². The number of ether oxygens (including phenoxy) is 2. The van der Waals surface area contributed by atoms with Gasteiger partial charge in [-0.05, 0) is 49.9 Å². The van der Waals surface area contributed by atoms with Gasteiger partial charge < -0.3 is 14.8 Å². The van der Waals surface area contributed by atoms with Crippen LogP contribution in [-0.2, 0) is 0 Å². The van der Waals surface area contributed by atoms with Crippen LogP contribution in [0.1, 0.15) is 36.2 Å². The number of hydrogen-bond donors (Lipinski definition) is 1. The molecule has 0 atom stereocenters. The molecule has 1 aliphatic rings. The first kappa shape index (κ1) is 18.7. The number of nitrogens with one attached hydrogen (secondary N) is 1. The van der Waals surface area contributed by atoms with Gasteiger partial charge in [-0.25, -0.2) is 0 Å². The maximum atomic E-state index is 12.2. The van der Waals surface area contributed by atoms with Gasteiger partial charge in [-0.1, -0.05) is 23.2 Å². The summed E-state index contributed by atoms with van der Waals surface area (Å²) in [6, 6.07) is 8.60. The Kier molecular flexibility index (Phi) is 6.16. The lowest BCUT2D eigenvalue weighted by Gasteiger charge is -2.29. The van der Waals surface area contributed by atoms with Gasteiger partial charge in [0.1, 0.15) is 11.5 Å². The quantitative estimate of drug-likeness (QED) is 0.830. The number of nitrogens with zero attached hydrogens (tertiary/aromatic N) is 2. The summed E-state index contributed by atoms with van der Waals surface area (Å²) in [4.78, 5) is 12.2. The predicted molar refractivity (Wildman–Crippen MR) is 99.2 cm³/mol. The summed E-state index contributed by atoms with van der Waals surface area (Å²) < 4.78 is 11.1. The maximum absolute atomic E-state index is 12.2. The van der Waals surface area contributed by atoms with E-state index in [1.807, 2.05) is 6.07 Å². The van der Waals surface area contributed by atoms with E-state index in [2.05, 4.69) is 15.5 Å². The first-order valence-electron chi connectivity index (χ1n) is 8.35. The summed E-state index contributed by atoms with van der Waals surface area (Å²) in [7, 11) is 1.58. The number of aromatic nitrogens is 2. The monoisotopic (exact) mass is 395 g/mol. The normalized spacial score (nSPS) is 19.7. The maximum Gasteiger partial charge on any atom is 0.272 e. The van der Waals surface area contributed by atoms with Gasteiger partial charge in [0.25, 0.3) is 5.91 Å². The summed E-state index contributed by atoms with van der Waals surface area (Å²) in [6.45, 7) is 0. The molecule has 0 radical (unpaired) electrons. The number of rotatable bonds is 5. The third-order valence-corrected chi connectivity index (χ3v) is 4.80. The Labute approximate surface area is 161 Å². The highest BCUT2D eigenvalue weighted by Crippen LogP contribution is 2.31. The number of halogens is 2. The van der Waals surface area contributed by atoms with E-state index in [1.54, 1.807) is 31.4 Å². The van der Waals surface area contributed by atoms with Crippen LogP contribution in [0.3, 0.4) is 0 Å². The van der Waals surface area contributed by atoms with E-state index >= 15 is 0 Å². The van der Waals surface area contributed by atoms with E-state index in [0.29, 0.717) is 10.8 Å². The third kappa shape index (κ3) is 4.77. The van der Waals surface area contributed by atoms with Crippen molar-refractivity contribution in [3.63, 3.8) is 0 Å². The molecule has 2 aromatic rings. The number of benzene rings is 1. The highest BCUT2D eigenvalue weighted by Gasteiger charge is 2.24. The van der Waals surface area contributed by atoms with Gasteiger partial charge in [-0.15, -0.1) is 10.2 Å². The number of amides is 1. The zero-order valence-electron chi connectivity index (χ0n) is 14.2. The molecule has 8 heteroatoms. The molecule has 1 fully saturated rings. The minimum absolute atomic E-state index is 0.0966.